The van der Waals surface area contributed by atoms with E-state index < -0.39 is 0 Å². The van der Waals surface area contributed by atoms with Gasteiger partial charge in [-0.15, -0.1) is 0 Å². The van der Waals surface area contributed by atoms with E-state index in [1.54, 1.807) is 6.20 Å². The summed E-state index contributed by atoms with van der Waals surface area (Å²) in [4.78, 5) is 19.5. The molecule has 0 unspecified atom stereocenters. The maximum absolute atomic E-state index is 13.1. The second-order valence-electron chi connectivity index (χ2n) is 8.20. The van der Waals surface area contributed by atoms with Crippen molar-refractivity contribution in [2.45, 2.75) is 55.6 Å². The Labute approximate surface area is 153 Å². The predicted octanol–water partition coefficient (Wildman–Crippen LogP) is 3.22. The second-order valence-corrected chi connectivity index (χ2v) is 9.15. The number of imidazole rings is 1. The Bertz CT molecular complexity index is 657. The third-order valence-electron chi connectivity index (χ3n) is 6.43. The van der Waals surface area contributed by atoms with Crippen LogP contribution in [0.15, 0.2) is 17.6 Å². The number of aromatic nitrogens is 2. The lowest BCUT2D eigenvalue weighted by Crippen LogP contribution is -2.62. The van der Waals surface area contributed by atoms with E-state index in [4.69, 9.17) is 5.26 Å². The molecule has 0 spiro atoms. The van der Waals surface area contributed by atoms with Crippen molar-refractivity contribution >= 4 is 17.7 Å². The van der Waals surface area contributed by atoms with Gasteiger partial charge in [-0.1, -0.05) is 11.8 Å². The zero-order valence-corrected chi connectivity index (χ0v) is 15.7. The van der Waals surface area contributed by atoms with E-state index in [2.05, 4.69) is 16.0 Å². The Hall–Kier alpha value is -1.48. The van der Waals surface area contributed by atoms with Crippen LogP contribution in [-0.4, -0.2) is 38.2 Å². The largest absolute Gasteiger partial charge is 0.335 e. The molecule has 1 heterocycles. The van der Waals surface area contributed by atoms with Crippen LogP contribution in [0.2, 0.25) is 0 Å². The first-order chi connectivity index (χ1) is 12.1. The molecule has 1 aromatic heterocycles. The summed E-state index contributed by atoms with van der Waals surface area (Å²) in [7, 11) is 1.95. The highest BCUT2D eigenvalue weighted by Crippen LogP contribution is 2.57. The number of hydrogen-bond donors (Lipinski definition) is 0. The molecule has 0 radical (unpaired) electrons. The van der Waals surface area contributed by atoms with Gasteiger partial charge in [-0.05, 0) is 56.3 Å². The molecule has 1 aromatic rings. The van der Waals surface area contributed by atoms with Gasteiger partial charge in [0.15, 0.2) is 5.16 Å². The lowest BCUT2D eigenvalue weighted by molar-refractivity contribution is -0.147. The van der Waals surface area contributed by atoms with Crippen molar-refractivity contribution in [3.63, 3.8) is 0 Å². The monoisotopic (exact) mass is 358 g/mol. The number of thioether (sulfide) groups is 1. The van der Waals surface area contributed by atoms with Gasteiger partial charge >= 0.3 is 0 Å². The molecule has 0 N–H and O–H groups in total. The molecular weight excluding hydrogens is 332 g/mol. The van der Waals surface area contributed by atoms with Crippen LogP contribution < -0.4 is 0 Å². The molecular formula is C19H26N4OS. The highest BCUT2D eigenvalue weighted by Gasteiger charge is 2.54. The first-order valence-electron chi connectivity index (χ1n) is 9.37. The van der Waals surface area contributed by atoms with E-state index in [0.29, 0.717) is 18.7 Å². The van der Waals surface area contributed by atoms with Crippen LogP contribution in [0, 0.1) is 29.1 Å². The number of amides is 1. The number of nitriles is 1. The summed E-state index contributed by atoms with van der Waals surface area (Å²) in [6.07, 6.45) is 11.7. The van der Waals surface area contributed by atoms with Gasteiger partial charge in [0.25, 0.3) is 0 Å². The van der Waals surface area contributed by atoms with Crippen LogP contribution in [0.4, 0.5) is 0 Å². The van der Waals surface area contributed by atoms with E-state index in [1.807, 2.05) is 17.8 Å². The van der Waals surface area contributed by atoms with Crippen molar-refractivity contribution < 1.29 is 4.79 Å². The van der Waals surface area contributed by atoms with Crippen molar-refractivity contribution in [1.29, 1.82) is 5.26 Å². The number of carbonyl (C=O) groups is 1. The minimum absolute atomic E-state index is 0.0326. The van der Waals surface area contributed by atoms with Crippen LogP contribution in [0.5, 0.6) is 0 Å². The van der Waals surface area contributed by atoms with Crippen LogP contribution in [-0.2, 0) is 11.8 Å². The maximum atomic E-state index is 13.1. The minimum atomic E-state index is 0.0326. The zero-order chi connectivity index (χ0) is 17.4. The first-order valence-corrected chi connectivity index (χ1v) is 10.4. The summed E-state index contributed by atoms with van der Waals surface area (Å²) in [6, 6.07) is 2.25. The Kier molecular flexibility index (Phi) is 4.53. The van der Waals surface area contributed by atoms with Crippen LogP contribution >= 0.6 is 11.8 Å². The van der Waals surface area contributed by atoms with Crippen molar-refractivity contribution in [3.05, 3.63) is 12.4 Å². The van der Waals surface area contributed by atoms with Gasteiger partial charge in [0, 0.05) is 31.5 Å². The quantitative estimate of drug-likeness (QED) is 0.733. The smallest absolute Gasteiger partial charge is 0.233 e. The molecule has 25 heavy (non-hydrogen) atoms. The Morgan fingerprint density at radius 3 is 2.52 bits per heavy atom. The van der Waals surface area contributed by atoms with E-state index in [1.165, 1.54) is 31.0 Å². The predicted molar refractivity (Wildman–Crippen MR) is 96.8 cm³/mol. The summed E-state index contributed by atoms with van der Waals surface area (Å²) >= 11 is 1.51. The van der Waals surface area contributed by atoms with Gasteiger partial charge in [-0.25, -0.2) is 4.98 Å². The molecule has 4 fully saturated rings. The van der Waals surface area contributed by atoms with Gasteiger partial charge in [0.1, 0.15) is 0 Å². The summed E-state index contributed by atoms with van der Waals surface area (Å²) in [5.74, 6) is 2.99. The lowest BCUT2D eigenvalue weighted by Gasteiger charge is -2.60. The minimum Gasteiger partial charge on any atom is -0.335 e. The SMILES string of the molecule is Cn1ccnc1SCC(=O)N(CCC#N)C12CC3CC(CC(C3)C1)C2. The third kappa shape index (κ3) is 3.19. The molecule has 0 saturated heterocycles. The Balaban J connectivity index is 1.50. The summed E-state index contributed by atoms with van der Waals surface area (Å²) in [6.45, 7) is 0.586. The van der Waals surface area contributed by atoms with Gasteiger partial charge in [-0.2, -0.15) is 5.26 Å². The van der Waals surface area contributed by atoms with Crippen LogP contribution in [0.3, 0.4) is 0 Å². The van der Waals surface area contributed by atoms with E-state index >= 15 is 0 Å². The molecule has 5 rings (SSSR count). The molecule has 0 aliphatic heterocycles. The van der Waals surface area contributed by atoms with Gasteiger partial charge in [0.2, 0.25) is 5.91 Å². The molecule has 0 aromatic carbocycles. The standard InChI is InChI=1S/C19H26N4OS/c1-22-6-4-21-18(22)25-13-17(24)23(5-2-3-20)19-10-14-7-15(11-19)9-16(8-14)12-19/h4,6,14-16H,2,5,7-13H2,1H3. The third-order valence-corrected chi connectivity index (χ3v) is 7.47. The van der Waals surface area contributed by atoms with Crippen LogP contribution in [0.1, 0.15) is 44.9 Å². The molecule has 134 valence electrons. The summed E-state index contributed by atoms with van der Waals surface area (Å²) in [5.41, 5.74) is 0.0326. The van der Waals surface area contributed by atoms with Gasteiger partial charge < -0.3 is 9.47 Å². The van der Waals surface area contributed by atoms with Crippen molar-refractivity contribution in [2.24, 2.45) is 24.8 Å². The molecule has 5 nitrogen and oxygen atoms in total. The average molecular weight is 359 g/mol. The fourth-order valence-electron chi connectivity index (χ4n) is 5.88. The zero-order valence-electron chi connectivity index (χ0n) is 14.9. The van der Waals surface area contributed by atoms with Crippen molar-refractivity contribution in [1.82, 2.24) is 14.5 Å². The lowest BCUT2D eigenvalue weighted by atomic mass is 9.52. The highest BCUT2D eigenvalue weighted by molar-refractivity contribution is 7.99. The maximum Gasteiger partial charge on any atom is 0.233 e. The molecule has 6 heteroatoms. The van der Waals surface area contributed by atoms with E-state index in [0.717, 1.165) is 42.2 Å². The molecule has 0 atom stereocenters. The Morgan fingerprint density at radius 1 is 1.36 bits per heavy atom. The molecule has 1 amide bonds. The second kappa shape index (κ2) is 6.68. The normalized spacial score (nSPS) is 32.6. The first kappa shape index (κ1) is 17.0. The topological polar surface area (TPSA) is 61.9 Å². The number of hydrogen-bond acceptors (Lipinski definition) is 4. The van der Waals surface area contributed by atoms with Crippen LogP contribution in [0.25, 0.3) is 0 Å². The number of aryl methyl sites for hydroxylation is 1. The fraction of sp³-hybridized carbons (Fsp3) is 0.737. The highest BCUT2D eigenvalue weighted by atomic mass is 32.2. The number of nitrogens with zero attached hydrogens (tertiary/aromatic N) is 4. The Morgan fingerprint density at radius 2 is 2.00 bits per heavy atom. The molecule has 4 aliphatic rings. The van der Waals surface area contributed by atoms with Crippen molar-refractivity contribution in [2.75, 3.05) is 12.3 Å². The number of carbonyl (C=O) groups excluding carboxylic acids is 1. The fourth-order valence-corrected chi connectivity index (χ4v) is 6.69. The number of rotatable bonds is 6. The van der Waals surface area contributed by atoms with Crippen molar-refractivity contribution in [3.8, 4) is 6.07 Å². The summed E-state index contributed by atoms with van der Waals surface area (Å²) < 4.78 is 1.95. The molecule has 4 saturated carbocycles. The average Bonchev–Trinajstić information content (AvgIpc) is 2.97. The van der Waals surface area contributed by atoms with E-state index in [-0.39, 0.29) is 11.4 Å². The van der Waals surface area contributed by atoms with Gasteiger partial charge in [-0.3, -0.25) is 4.79 Å². The van der Waals surface area contributed by atoms with E-state index in [9.17, 15) is 4.79 Å². The molecule has 4 aliphatic carbocycles. The summed E-state index contributed by atoms with van der Waals surface area (Å²) in [5, 5.41) is 9.96. The molecule has 4 bridgehead atoms. The van der Waals surface area contributed by atoms with Gasteiger partial charge in [0.05, 0.1) is 18.2 Å².